The molecular formula is C18H19N7O2S. The van der Waals surface area contributed by atoms with Crippen LogP contribution in [-0.2, 0) is 16.3 Å². The minimum absolute atomic E-state index is 0.0260. The van der Waals surface area contributed by atoms with Gasteiger partial charge in [0.25, 0.3) is 0 Å². The van der Waals surface area contributed by atoms with Gasteiger partial charge in [0.2, 0.25) is 11.8 Å². The van der Waals surface area contributed by atoms with Crippen LogP contribution in [0.25, 0.3) is 5.82 Å². The molecule has 9 nitrogen and oxygen atoms in total. The van der Waals surface area contributed by atoms with Gasteiger partial charge in [0, 0.05) is 43.1 Å². The molecular weight excluding hydrogens is 378 g/mol. The molecule has 10 heteroatoms. The minimum Gasteiger partial charge on any atom is -0.356 e. The molecule has 1 N–H and O–H groups in total. The Morgan fingerprint density at radius 1 is 1.29 bits per heavy atom. The van der Waals surface area contributed by atoms with E-state index < -0.39 is 0 Å². The quantitative estimate of drug-likeness (QED) is 0.715. The van der Waals surface area contributed by atoms with Crippen molar-refractivity contribution in [2.75, 3.05) is 23.3 Å². The molecule has 3 aromatic heterocycles. The Balaban J connectivity index is 1.29. The summed E-state index contributed by atoms with van der Waals surface area (Å²) in [5.74, 6) is 3.53. The van der Waals surface area contributed by atoms with E-state index in [0.717, 1.165) is 48.0 Å². The Hall–Kier alpha value is -2.88. The van der Waals surface area contributed by atoms with Crippen LogP contribution in [0.4, 0.5) is 11.7 Å². The van der Waals surface area contributed by atoms with Crippen molar-refractivity contribution in [3.8, 4) is 5.82 Å². The number of rotatable bonds is 4. The first-order valence-electron chi connectivity index (χ1n) is 9.21. The fourth-order valence-corrected chi connectivity index (χ4v) is 4.63. The number of aromatic nitrogens is 5. The second-order valence-electron chi connectivity index (χ2n) is 6.89. The van der Waals surface area contributed by atoms with E-state index in [-0.39, 0.29) is 11.8 Å². The van der Waals surface area contributed by atoms with Gasteiger partial charge in [-0.05, 0) is 18.9 Å². The molecule has 1 atom stereocenters. The smallest absolute Gasteiger partial charge is 0.235 e. The molecule has 5 heterocycles. The van der Waals surface area contributed by atoms with Crippen molar-refractivity contribution in [3.63, 3.8) is 0 Å². The molecule has 0 saturated carbocycles. The second-order valence-corrected chi connectivity index (χ2v) is 7.87. The lowest BCUT2D eigenvalue weighted by atomic mass is 9.97. The second kappa shape index (κ2) is 7.27. The number of carbonyl (C=O) groups excluding carboxylic acids is 1. The third kappa shape index (κ3) is 3.24. The summed E-state index contributed by atoms with van der Waals surface area (Å²) in [6.45, 7) is 1.46. The molecule has 0 bridgehead atoms. The Bertz CT molecular complexity index is 988. The average molecular weight is 397 g/mol. The van der Waals surface area contributed by atoms with Crippen LogP contribution in [0.1, 0.15) is 24.1 Å². The van der Waals surface area contributed by atoms with Crippen LogP contribution < -0.4 is 10.2 Å². The molecule has 1 amide bonds. The maximum atomic E-state index is 12.8. The zero-order chi connectivity index (χ0) is 18.9. The number of nitrogens with one attached hydrogen (secondary N) is 1. The Kier molecular flexibility index (Phi) is 4.47. The molecule has 0 aliphatic carbocycles. The summed E-state index contributed by atoms with van der Waals surface area (Å²) in [5, 5.41) is 11.2. The third-order valence-corrected chi connectivity index (χ3v) is 6.06. The van der Waals surface area contributed by atoms with Crippen molar-refractivity contribution in [1.29, 1.82) is 0 Å². The molecule has 2 aliphatic rings. The lowest BCUT2D eigenvalue weighted by Gasteiger charge is -2.32. The number of nitrogens with zero attached hydrogens (tertiary/aromatic N) is 6. The summed E-state index contributed by atoms with van der Waals surface area (Å²) in [7, 11) is 0. The number of thioether (sulfide) groups is 1. The highest BCUT2D eigenvalue weighted by Crippen LogP contribution is 2.35. The molecule has 1 saturated heterocycles. The summed E-state index contributed by atoms with van der Waals surface area (Å²) in [6, 6.07) is 3.75. The highest BCUT2D eigenvalue weighted by atomic mass is 32.2. The van der Waals surface area contributed by atoms with E-state index in [1.165, 1.54) is 6.33 Å². The zero-order valence-corrected chi connectivity index (χ0v) is 15.9. The molecule has 0 aromatic carbocycles. The first-order chi connectivity index (χ1) is 13.8. The van der Waals surface area contributed by atoms with E-state index >= 15 is 0 Å². The van der Waals surface area contributed by atoms with Crippen molar-refractivity contribution in [3.05, 3.63) is 42.1 Å². The Morgan fingerprint density at radius 3 is 3.11 bits per heavy atom. The molecule has 5 rings (SSSR count). The van der Waals surface area contributed by atoms with Gasteiger partial charge in [-0.3, -0.25) is 10.1 Å². The van der Waals surface area contributed by atoms with E-state index in [2.05, 4.69) is 30.4 Å². The number of piperidine rings is 1. The van der Waals surface area contributed by atoms with Crippen LogP contribution in [-0.4, -0.2) is 43.9 Å². The number of hydrogen-bond acceptors (Lipinski definition) is 8. The number of fused-ring (bicyclic) bond motifs is 1. The number of hydrogen-bond donors (Lipinski definition) is 1. The predicted molar refractivity (Wildman–Crippen MR) is 104 cm³/mol. The molecule has 3 aromatic rings. The predicted octanol–water partition coefficient (Wildman–Crippen LogP) is 2.25. The van der Waals surface area contributed by atoms with E-state index in [0.29, 0.717) is 18.2 Å². The molecule has 144 valence electrons. The first kappa shape index (κ1) is 17.2. The van der Waals surface area contributed by atoms with Gasteiger partial charge in [0.05, 0.1) is 17.2 Å². The Morgan fingerprint density at radius 2 is 2.21 bits per heavy atom. The monoisotopic (exact) mass is 397 g/mol. The molecule has 0 radical (unpaired) electrons. The van der Waals surface area contributed by atoms with Gasteiger partial charge < -0.3 is 9.42 Å². The zero-order valence-electron chi connectivity index (χ0n) is 15.1. The van der Waals surface area contributed by atoms with Crippen molar-refractivity contribution >= 4 is 29.4 Å². The van der Waals surface area contributed by atoms with Gasteiger partial charge in [-0.2, -0.15) is 16.9 Å². The van der Waals surface area contributed by atoms with Gasteiger partial charge in [0.15, 0.2) is 5.82 Å². The summed E-state index contributed by atoms with van der Waals surface area (Å²) >= 11 is 1.78. The summed E-state index contributed by atoms with van der Waals surface area (Å²) < 4.78 is 7.02. The molecule has 0 spiro atoms. The SMILES string of the molecule is O=C(Nc1onc2c1CSC2)C1CCCN(c2cc(-n3cccn3)ncn2)C1. The van der Waals surface area contributed by atoms with Crippen molar-refractivity contribution < 1.29 is 9.32 Å². The van der Waals surface area contributed by atoms with Crippen molar-refractivity contribution in [2.45, 2.75) is 24.3 Å². The van der Waals surface area contributed by atoms with Crippen molar-refractivity contribution in [1.82, 2.24) is 24.9 Å². The standard InChI is InChI=1S/C18H19N7O2S/c26-17(22-18-13-9-28-10-14(13)23-27-18)12-3-1-5-24(8-12)15-7-16(20-11-19-15)25-6-2-4-21-25/h2,4,6-7,11-12H,1,3,5,8-10H2,(H,22,26). The summed E-state index contributed by atoms with van der Waals surface area (Å²) in [6.07, 6.45) is 6.84. The lowest BCUT2D eigenvalue weighted by molar-refractivity contribution is -0.120. The minimum atomic E-state index is -0.133. The highest BCUT2D eigenvalue weighted by molar-refractivity contribution is 7.98. The molecule has 28 heavy (non-hydrogen) atoms. The maximum Gasteiger partial charge on any atom is 0.235 e. The molecule has 1 unspecified atom stereocenters. The van der Waals surface area contributed by atoms with Crippen LogP contribution in [0.15, 0.2) is 35.4 Å². The maximum absolute atomic E-state index is 12.8. The fourth-order valence-electron chi connectivity index (χ4n) is 3.61. The fraction of sp³-hybridized carbons (Fsp3) is 0.389. The molecule has 1 fully saturated rings. The lowest BCUT2D eigenvalue weighted by Crippen LogP contribution is -2.41. The molecule has 2 aliphatic heterocycles. The van der Waals surface area contributed by atoms with Gasteiger partial charge in [-0.25, -0.2) is 14.6 Å². The van der Waals surface area contributed by atoms with Gasteiger partial charge in [-0.15, -0.1) is 0 Å². The van der Waals surface area contributed by atoms with Crippen molar-refractivity contribution in [2.24, 2.45) is 5.92 Å². The van der Waals surface area contributed by atoms with Gasteiger partial charge in [-0.1, -0.05) is 5.16 Å². The van der Waals surface area contributed by atoms with Crippen LogP contribution in [0.5, 0.6) is 0 Å². The van der Waals surface area contributed by atoms with Crippen LogP contribution in [0.3, 0.4) is 0 Å². The highest BCUT2D eigenvalue weighted by Gasteiger charge is 2.29. The first-order valence-corrected chi connectivity index (χ1v) is 10.4. The number of amides is 1. The third-order valence-electron chi connectivity index (χ3n) is 5.08. The average Bonchev–Trinajstić information content (AvgIpc) is 3.48. The van der Waals surface area contributed by atoms with E-state index in [4.69, 9.17) is 4.52 Å². The van der Waals surface area contributed by atoms with E-state index in [1.54, 1.807) is 22.6 Å². The van der Waals surface area contributed by atoms with Crippen LogP contribution >= 0.6 is 11.8 Å². The van der Waals surface area contributed by atoms with Crippen LogP contribution in [0, 0.1) is 5.92 Å². The largest absolute Gasteiger partial charge is 0.356 e. The number of anilines is 2. The van der Waals surface area contributed by atoms with Crippen LogP contribution in [0.2, 0.25) is 0 Å². The number of carbonyl (C=O) groups is 1. The Labute approximate surface area is 165 Å². The normalized spacial score (nSPS) is 18.9. The van der Waals surface area contributed by atoms with Gasteiger partial charge >= 0.3 is 0 Å². The summed E-state index contributed by atoms with van der Waals surface area (Å²) in [5.41, 5.74) is 1.96. The van der Waals surface area contributed by atoms with E-state index in [9.17, 15) is 4.79 Å². The summed E-state index contributed by atoms with van der Waals surface area (Å²) in [4.78, 5) is 23.6. The van der Waals surface area contributed by atoms with E-state index in [1.807, 2.05) is 18.3 Å². The topological polar surface area (TPSA) is 102 Å². The van der Waals surface area contributed by atoms with Gasteiger partial charge in [0.1, 0.15) is 12.1 Å².